The third-order valence-electron chi connectivity index (χ3n) is 6.21. The Hall–Kier alpha value is -3.52. The van der Waals surface area contributed by atoms with Gasteiger partial charge in [0.1, 0.15) is 5.75 Å². The molecule has 0 amide bonds. The Kier molecular flexibility index (Phi) is 6.62. The summed E-state index contributed by atoms with van der Waals surface area (Å²) in [6, 6.07) is 28.7. The molecular formula is C28H25ClN2O4S. The second-order valence-corrected chi connectivity index (χ2v) is 10.8. The molecule has 184 valence electrons. The summed E-state index contributed by atoms with van der Waals surface area (Å²) in [5.74, 6) is 0.605. The van der Waals surface area contributed by atoms with Crippen LogP contribution in [0.1, 0.15) is 0 Å². The number of hydrogen-bond acceptors (Lipinski definition) is 4. The van der Waals surface area contributed by atoms with Gasteiger partial charge in [-0.05, 0) is 60.7 Å². The van der Waals surface area contributed by atoms with Crippen LogP contribution in [-0.2, 0) is 16.6 Å². The van der Waals surface area contributed by atoms with Gasteiger partial charge in [-0.3, -0.25) is 4.31 Å². The first-order valence-electron chi connectivity index (χ1n) is 11.4. The molecule has 0 radical (unpaired) electrons. The van der Waals surface area contributed by atoms with Crippen LogP contribution in [0.2, 0.25) is 5.02 Å². The monoisotopic (exact) mass is 520 g/mol. The lowest BCUT2D eigenvalue weighted by Gasteiger charge is -2.27. The molecule has 1 aromatic heterocycles. The number of para-hydroxylation sites is 2. The minimum atomic E-state index is -3.98. The van der Waals surface area contributed by atoms with Crippen LogP contribution in [0.25, 0.3) is 21.8 Å². The highest BCUT2D eigenvalue weighted by molar-refractivity contribution is 7.92. The summed E-state index contributed by atoms with van der Waals surface area (Å²) < 4.78 is 35.9. The number of sulfonamides is 1. The molecular weight excluding hydrogens is 496 g/mol. The number of aliphatic hydroxyl groups excluding tert-OH is 1. The number of aromatic nitrogens is 1. The summed E-state index contributed by atoms with van der Waals surface area (Å²) >= 11 is 5.99. The van der Waals surface area contributed by atoms with Gasteiger partial charge in [0.25, 0.3) is 10.0 Å². The van der Waals surface area contributed by atoms with E-state index < -0.39 is 16.1 Å². The van der Waals surface area contributed by atoms with E-state index >= 15 is 0 Å². The number of anilines is 1. The van der Waals surface area contributed by atoms with Gasteiger partial charge in [0.2, 0.25) is 0 Å². The zero-order valence-electron chi connectivity index (χ0n) is 19.6. The zero-order chi connectivity index (χ0) is 25.3. The van der Waals surface area contributed by atoms with Gasteiger partial charge >= 0.3 is 0 Å². The Morgan fingerprint density at radius 3 is 1.97 bits per heavy atom. The molecule has 0 saturated heterocycles. The number of rotatable bonds is 8. The van der Waals surface area contributed by atoms with Crippen molar-refractivity contribution in [2.45, 2.75) is 17.5 Å². The van der Waals surface area contributed by atoms with Crippen molar-refractivity contribution in [3.63, 3.8) is 0 Å². The van der Waals surface area contributed by atoms with E-state index in [1.54, 1.807) is 31.4 Å². The van der Waals surface area contributed by atoms with Crippen LogP contribution in [0.15, 0.2) is 102 Å². The quantitative estimate of drug-likeness (QED) is 0.284. The minimum absolute atomic E-state index is 0.0896. The Morgan fingerprint density at radius 1 is 0.861 bits per heavy atom. The van der Waals surface area contributed by atoms with Crippen molar-refractivity contribution in [3.8, 4) is 5.75 Å². The van der Waals surface area contributed by atoms with Crippen molar-refractivity contribution < 1.29 is 18.3 Å². The van der Waals surface area contributed by atoms with Crippen LogP contribution in [-0.4, -0.2) is 37.8 Å². The third kappa shape index (κ3) is 4.53. The van der Waals surface area contributed by atoms with E-state index in [1.165, 1.54) is 28.6 Å². The van der Waals surface area contributed by atoms with Gasteiger partial charge < -0.3 is 14.4 Å². The number of aliphatic hydroxyl groups is 1. The van der Waals surface area contributed by atoms with Gasteiger partial charge in [0.05, 0.1) is 36.9 Å². The maximum Gasteiger partial charge on any atom is 0.264 e. The summed E-state index contributed by atoms with van der Waals surface area (Å²) in [5, 5.41) is 13.9. The van der Waals surface area contributed by atoms with Crippen molar-refractivity contribution in [2.24, 2.45) is 0 Å². The van der Waals surface area contributed by atoms with E-state index in [0.717, 1.165) is 21.8 Å². The molecule has 0 bridgehead atoms. The van der Waals surface area contributed by atoms with Crippen LogP contribution >= 0.6 is 11.6 Å². The summed E-state index contributed by atoms with van der Waals surface area (Å²) in [6.45, 7) is 0.0783. The molecule has 1 heterocycles. The highest BCUT2D eigenvalue weighted by Crippen LogP contribution is 2.30. The minimum Gasteiger partial charge on any atom is -0.497 e. The number of halogens is 1. The number of ether oxygens (including phenoxy) is 1. The molecule has 36 heavy (non-hydrogen) atoms. The van der Waals surface area contributed by atoms with Crippen LogP contribution < -0.4 is 9.04 Å². The number of nitrogens with zero attached hydrogens (tertiary/aromatic N) is 2. The van der Waals surface area contributed by atoms with Crippen molar-refractivity contribution in [1.29, 1.82) is 0 Å². The summed E-state index contributed by atoms with van der Waals surface area (Å²) in [4.78, 5) is 0.0896. The van der Waals surface area contributed by atoms with Gasteiger partial charge in [-0.1, -0.05) is 48.0 Å². The fourth-order valence-corrected chi connectivity index (χ4v) is 6.11. The molecule has 0 aliphatic heterocycles. The molecule has 5 aromatic rings. The van der Waals surface area contributed by atoms with E-state index in [-0.39, 0.29) is 18.0 Å². The van der Waals surface area contributed by atoms with Crippen LogP contribution in [0.5, 0.6) is 5.75 Å². The molecule has 8 heteroatoms. The van der Waals surface area contributed by atoms with Gasteiger partial charge in [-0.2, -0.15) is 0 Å². The molecule has 1 unspecified atom stereocenters. The largest absolute Gasteiger partial charge is 0.497 e. The van der Waals surface area contributed by atoms with Crippen molar-refractivity contribution in [2.75, 3.05) is 18.0 Å². The first-order chi connectivity index (χ1) is 17.4. The SMILES string of the molecule is COc1ccc(N(CC(O)Cn2c3ccccc3c3ccccc32)S(=O)(=O)c2ccc(Cl)cc2)cc1. The number of hydrogen-bond donors (Lipinski definition) is 1. The lowest BCUT2D eigenvalue weighted by molar-refractivity contribution is 0.166. The Bertz CT molecular complexity index is 1560. The lowest BCUT2D eigenvalue weighted by Crippen LogP contribution is -2.39. The second kappa shape index (κ2) is 9.85. The standard InChI is InChI=1S/C28H25ClN2O4S/c1-35-23-14-12-21(13-15-23)31(36(33,34)24-16-10-20(29)11-17-24)19-22(32)18-30-27-8-4-2-6-25(27)26-7-3-5-9-28(26)30/h2-17,22,32H,18-19H2,1H3. The fraction of sp³-hybridized carbons (Fsp3) is 0.143. The maximum absolute atomic E-state index is 13.7. The summed E-state index contributed by atoms with van der Waals surface area (Å²) in [7, 11) is -2.44. The number of fused-ring (bicyclic) bond motifs is 3. The summed E-state index contributed by atoms with van der Waals surface area (Å²) in [5.41, 5.74) is 2.38. The first kappa shape index (κ1) is 24.2. The smallest absolute Gasteiger partial charge is 0.264 e. The van der Waals surface area contributed by atoms with Crippen molar-refractivity contribution >= 4 is 49.1 Å². The predicted octanol–water partition coefficient (Wildman–Crippen LogP) is 5.71. The molecule has 0 aliphatic rings. The van der Waals surface area contributed by atoms with Crippen molar-refractivity contribution in [1.82, 2.24) is 4.57 Å². The molecule has 0 saturated carbocycles. The zero-order valence-corrected chi connectivity index (χ0v) is 21.2. The van der Waals surface area contributed by atoms with Gasteiger partial charge in [0.15, 0.2) is 0 Å². The third-order valence-corrected chi connectivity index (χ3v) is 8.27. The average Bonchev–Trinajstić information content (AvgIpc) is 3.21. The Labute approximate surface area is 215 Å². The normalized spacial score (nSPS) is 12.6. The lowest BCUT2D eigenvalue weighted by atomic mass is 10.2. The molecule has 5 rings (SSSR count). The average molecular weight is 521 g/mol. The van der Waals surface area contributed by atoms with Gasteiger partial charge in [-0.25, -0.2) is 8.42 Å². The first-order valence-corrected chi connectivity index (χ1v) is 13.3. The molecule has 1 atom stereocenters. The Balaban J connectivity index is 1.52. The maximum atomic E-state index is 13.7. The second-order valence-electron chi connectivity index (χ2n) is 8.49. The Morgan fingerprint density at radius 2 is 1.42 bits per heavy atom. The predicted molar refractivity (Wildman–Crippen MR) is 144 cm³/mol. The molecule has 0 spiro atoms. The highest BCUT2D eigenvalue weighted by Gasteiger charge is 2.28. The van der Waals surface area contributed by atoms with E-state index in [0.29, 0.717) is 16.5 Å². The van der Waals surface area contributed by atoms with Crippen LogP contribution in [0.4, 0.5) is 5.69 Å². The highest BCUT2D eigenvalue weighted by atomic mass is 35.5. The fourth-order valence-electron chi connectivity index (χ4n) is 4.48. The van der Waals surface area contributed by atoms with Gasteiger partial charge in [0, 0.05) is 26.8 Å². The topological polar surface area (TPSA) is 71.8 Å². The summed E-state index contributed by atoms with van der Waals surface area (Å²) in [6.07, 6.45) is -0.992. The molecule has 4 aromatic carbocycles. The van der Waals surface area contributed by atoms with E-state index in [4.69, 9.17) is 16.3 Å². The van der Waals surface area contributed by atoms with E-state index in [9.17, 15) is 13.5 Å². The molecule has 0 fully saturated rings. The van der Waals surface area contributed by atoms with Crippen molar-refractivity contribution in [3.05, 3.63) is 102 Å². The number of benzene rings is 4. The van der Waals surface area contributed by atoms with Crippen LogP contribution in [0.3, 0.4) is 0 Å². The van der Waals surface area contributed by atoms with Crippen LogP contribution in [0, 0.1) is 0 Å². The molecule has 0 aliphatic carbocycles. The molecule has 1 N–H and O–H groups in total. The molecule has 6 nitrogen and oxygen atoms in total. The van der Waals surface area contributed by atoms with E-state index in [2.05, 4.69) is 12.1 Å². The van der Waals surface area contributed by atoms with Gasteiger partial charge in [-0.15, -0.1) is 0 Å². The number of methoxy groups -OCH3 is 1. The van der Waals surface area contributed by atoms with E-state index in [1.807, 2.05) is 41.0 Å².